The molecule has 0 unspecified atom stereocenters. The molecule has 0 saturated heterocycles. The number of nitrogens with one attached hydrogen (secondary N) is 1. The normalized spacial score (nSPS) is 11.5. The molecule has 2 heterocycles. The van der Waals surface area contributed by atoms with Crippen LogP contribution in [0.1, 0.15) is 20.3 Å². The molecule has 2 aromatic rings. The lowest BCUT2D eigenvalue weighted by atomic mass is 10.2. The van der Waals surface area contributed by atoms with Gasteiger partial charge in [-0.3, -0.25) is 9.36 Å². The van der Waals surface area contributed by atoms with Crippen molar-refractivity contribution < 1.29 is 0 Å². The van der Waals surface area contributed by atoms with E-state index in [1.54, 1.807) is 10.9 Å². The zero-order chi connectivity index (χ0) is 13.0. The van der Waals surface area contributed by atoms with Crippen LogP contribution >= 0.6 is 11.3 Å². The molecule has 0 atom stereocenters. The third-order valence-corrected chi connectivity index (χ3v) is 3.58. The summed E-state index contributed by atoms with van der Waals surface area (Å²) in [5.41, 5.74) is 0.0742. The molecule has 0 radical (unpaired) electrons. The first-order valence-electron chi connectivity index (χ1n) is 6.32. The van der Waals surface area contributed by atoms with E-state index in [1.807, 2.05) is 11.4 Å². The van der Waals surface area contributed by atoms with E-state index in [0.717, 1.165) is 36.3 Å². The molecule has 0 bridgehead atoms. The van der Waals surface area contributed by atoms with Crippen LogP contribution in [0.5, 0.6) is 0 Å². The lowest BCUT2D eigenvalue weighted by molar-refractivity contribution is 0.517. The molecule has 4 nitrogen and oxygen atoms in total. The van der Waals surface area contributed by atoms with Gasteiger partial charge < -0.3 is 5.32 Å². The Morgan fingerprint density at radius 1 is 1.50 bits per heavy atom. The van der Waals surface area contributed by atoms with Crippen molar-refractivity contribution in [3.63, 3.8) is 0 Å². The molecule has 2 aromatic heterocycles. The first-order chi connectivity index (χ1) is 8.68. The van der Waals surface area contributed by atoms with Crippen LogP contribution in [0.15, 0.2) is 22.6 Å². The van der Waals surface area contributed by atoms with Crippen molar-refractivity contribution in [2.24, 2.45) is 5.92 Å². The van der Waals surface area contributed by atoms with Gasteiger partial charge in [0, 0.05) is 6.54 Å². The maximum Gasteiger partial charge on any atom is 0.262 e. The van der Waals surface area contributed by atoms with E-state index in [4.69, 9.17) is 0 Å². The molecule has 0 aliphatic carbocycles. The van der Waals surface area contributed by atoms with Gasteiger partial charge in [-0.2, -0.15) is 0 Å². The Morgan fingerprint density at radius 2 is 2.33 bits per heavy atom. The summed E-state index contributed by atoms with van der Waals surface area (Å²) in [6.07, 6.45) is 2.60. The van der Waals surface area contributed by atoms with Crippen molar-refractivity contribution >= 4 is 21.6 Å². The minimum Gasteiger partial charge on any atom is -0.316 e. The summed E-state index contributed by atoms with van der Waals surface area (Å²) < 4.78 is 1.70. The number of nitrogens with zero attached hydrogens (tertiary/aromatic N) is 2. The lowest BCUT2D eigenvalue weighted by Crippen LogP contribution is -2.25. The molecule has 0 aromatic carbocycles. The van der Waals surface area contributed by atoms with Crippen molar-refractivity contribution in [3.05, 3.63) is 28.1 Å². The molecule has 0 aliphatic rings. The molecule has 1 N–H and O–H groups in total. The van der Waals surface area contributed by atoms with Crippen LogP contribution in [0.25, 0.3) is 10.2 Å². The van der Waals surface area contributed by atoms with Crippen molar-refractivity contribution in [1.29, 1.82) is 0 Å². The van der Waals surface area contributed by atoms with E-state index in [1.165, 1.54) is 11.3 Å². The fraction of sp³-hybridized carbons (Fsp3) is 0.538. The smallest absolute Gasteiger partial charge is 0.262 e. The Bertz CT molecular complexity index is 559. The number of aromatic nitrogens is 2. The monoisotopic (exact) mass is 265 g/mol. The second-order valence-electron chi connectivity index (χ2n) is 4.83. The summed E-state index contributed by atoms with van der Waals surface area (Å²) in [5, 5.41) is 6.02. The van der Waals surface area contributed by atoms with Gasteiger partial charge in [-0.1, -0.05) is 13.8 Å². The highest BCUT2D eigenvalue weighted by molar-refractivity contribution is 7.16. The van der Waals surface area contributed by atoms with Gasteiger partial charge in [0.05, 0.1) is 11.7 Å². The van der Waals surface area contributed by atoms with Crippen molar-refractivity contribution in [2.75, 3.05) is 13.1 Å². The van der Waals surface area contributed by atoms with Gasteiger partial charge in [-0.05, 0) is 36.9 Å². The highest BCUT2D eigenvalue weighted by Gasteiger charge is 2.04. The van der Waals surface area contributed by atoms with Gasteiger partial charge >= 0.3 is 0 Å². The molecular weight excluding hydrogens is 246 g/mol. The Balaban J connectivity index is 1.91. The number of hydrogen-bond acceptors (Lipinski definition) is 4. The fourth-order valence-electron chi connectivity index (χ4n) is 1.82. The highest BCUT2D eigenvalue weighted by Crippen LogP contribution is 2.13. The van der Waals surface area contributed by atoms with Gasteiger partial charge in [-0.25, -0.2) is 4.98 Å². The molecule has 0 aliphatic heterocycles. The zero-order valence-electron chi connectivity index (χ0n) is 10.8. The molecule has 2 rings (SSSR count). The first-order valence-corrected chi connectivity index (χ1v) is 7.20. The lowest BCUT2D eigenvalue weighted by Gasteiger charge is -2.08. The van der Waals surface area contributed by atoms with Crippen LogP contribution in [0.4, 0.5) is 0 Å². The number of fused-ring (bicyclic) bond motifs is 1. The fourth-order valence-corrected chi connectivity index (χ4v) is 2.54. The average molecular weight is 265 g/mol. The molecule has 0 spiro atoms. The van der Waals surface area contributed by atoms with E-state index in [0.29, 0.717) is 5.92 Å². The first kappa shape index (κ1) is 13.2. The molecule has 0 fully saturated rings. The predicted molar refractivity (Wildman–Crippen MR) is 76.2 cm³/mol. The van der Waals surface area contributed by atoms with Crippen LogP contribution in [-0.4, -0.2) is 22.6 Å². The predicted octanol–water partition coefficient (Wildman–Crippen LogP) is 2.09. The molecular formula is C13H19N3OS. The zero-order valence-corrected chi connectivity index (χ0v) is 11.7. The maximum absolute atomic E-state index is 12.1. The molecule has 5 heteroatoms. The third-order valence-electron chi connectivity index (χ3n) is 2.76. The van der Waals surface area contributed by atoms with E-state index >= 15 is 0 Å². The van der Waals surface area contributed by atoms with Crippen molar-refractivity contribution in [3.8, 4) is 0 Å². The van der Waals surface area contributed by atoms with Crippen LogP contribution in [0.2, 0.25) is 0 Å². The second-order valence-corrected chi connectivity index (χ2v) is 5.73. The standard InChI is InChI=1S/C13H19N3OS/c1-10(2)8-14-5-3-6-16-9-15-12-11(13(16)17)4-7-18-12/h4,7,9-10,14H,3,5-6,8H2,1-2H3. The maximum atomic E-state index is 12.1. The summed E-state index contributed by atoms with van der Waals surface area (Å²) in [4.78, 5) is 17.2. The van der Waals surface area contributed by atoms with Gasteiger partial charge in [-0.15, -0.1) is 11.3 Å². The van der Waals surface area contributed by atoms with Crippen molar-refractivity contribution in [2.45, 2.75) is 26.8 Å². The van der Waals surface area contributed by atoms with Crippen molar-refractivity contribution in [1.82, 2.24) is 14.9 Å². The topological polar surface area (TPSA) is 46.9 Å². The molecule has 18 heavy (non-hydrogen) atoms. The van der Waals surface area contributed by atoms with E-state index in [-0.39, 0.29) is 5.56 Å². The van der Waals surface area contributed by atoms with E-state index < -0.39 is 0 Å². The Labute approximate surface area is 111 Å². The number of rotatable bonds is 6. The third kappa shape index (κ3) is 3.17. The van der Waals surface area contributed by atoms with Crippen LogP contribution in [0, 0.1) is 5.92 Å². The highest BCUT2D eigenvalue weighted by atomic mass is 32.1. The van der Waals surface area contributed by atoms with Crippen LogP contribution in [-0.2, 0) is 6.54 Å². The minimum absolute atomic E-state index is 0.0742. The summed E-state index contributed by atoms with van der Waals surface area (Å²) in [7, 11) is 0. The quantitative estimate of drug-likeness (QED) is 0.814. The number of thiophene rings is 1. The van der Waals surface area contributed by atoms with Gasteiger partial charge in [0.2, 0.25) is 0 Å². The summed E-state index contributed by atoms with van der Waals surface area (Å²) in [6, 6.07) is 1.85. The van der Waals surface area contributed by atoms with Gasteiger partial charge in [0.1, 0.15) is 4.83 Å². The average Bonchev–Trinajstić information content (AvgIpc) is 2.80. The Morgan fingerprint density at radius 3 is 3.11 bits per heavy atom. The van der Waals surface area contributed by atoms with Gasteiger partial charge in [0.25, 0.3) is 5.56 Å². The Hall–Kier alpha value is -1.20. The van der Waals surface area contributed by atoms with E-state index in [2.05, 4.69) is 24.1 Å². The summed E-state index contributed by atoms with van der Waals surface area (Å²) in [5.74, 6) is 0.663. The molecule has 0 saturated carbocycles. The second kappa shape index (κ2) is 6.11. The van der Waals surface area contributed by atoms with E-state index in [9.17, 15) is 4.79 Å². The SMILES string of the molecule is CC(C)CNCCCn1cnc2sccc2c1=O. The molecule has 98 valence electrons. The Kier molecular flexibility index (Phi) is 4.49. The van der Waals surface area contributed by atoms with Gasteiger partial charge in [0.15, 0.2) is 0 Å². The minimum atomic E-state index is 0.0742. The summed E-state index contributed by atoms with van der Waals surface area (Å²) >= 11 is 1.51. The summed E-state index contributed by atoms with van der Waals surface area (Å²) in [6.45, 7) is 7.06. The van der Waals surface area contributed by atoms with Crippen LogP contribution < -0.4 is 10.9 Å². The molecule has 0 amide bonds. The number of aryl methyl sites for hydroxylation is 1. The van der Waals surface area contributed by atoms with Crippen LogP contribution in [0.3, 0.4) is 0 Å². The largest absolute Gasteiger partial charge is 0.316 e. The number of hydrogen-bond donors (Lipinski definition) is 1.